The maximum Gasteiger partial charge on any atom is 0.255 e. The predicted octanol–water partition coefficient (Wildman–Crippen LogP) is 0.867. The molecule has 1 saturated heterocycles. The van der Waals surface area contributed by atoms with E-state index in [1.807, 2.05) is 12.1 Å². The van der Waals surface area contributed by atoms with Crippen LogP contribution in [0.15, 0.2) is 24.3 Å². The molecule has 0 radical (unpaired) electrons. The summed E-state index contributed by atoms with van der Waals surface area (Å²) in [6, 6.07) is 6.48. The molecule has 10 nitrogen and oxygen atoms in total. The quantitative estimate of drug-likeness (QED) is 0.672. The molecule has 2 aliphatic heterocycles. The zero-order valence-corrected chi connectivity index (χ0v) is 16.6. The van der Waals surface area contributed by atoms with Gasteiger partial charge in [-0.3, -0.25) is 19.7 Å². The number of carbonyl (C=O) groups excluding carboxylic acids is 3. The van der Waals surface area contributed by atoms with Gasteiger partial charge in [-0.25, -0.2) is 0 Å². The summed E-state index contributed by atoms with van der Waals surface area (Å²) in [5.41, 5.74) is 2.34. The summed E-state index contributed by atoms with van der Waals surface area (Å²) in [6.07, 6.45) is 0.573. The number of nitrogens with one attached hydrogen (secondary N) is 2. The highest BCUT2D eigenvalue weighted by Crippen LogP contribution is 2.28. The minimum Gasteiger partial charge on any atom is -0.481 e. The van der Waals surface area contributed by atoms with Gasteiger partial charge in [0.15, 0.2) is 0 Å². The molecule has 30 heavy (non-hydrogen) atoms. The minimum atomic E-state index is -0.623. The van der Waals surface area contributed by atoms with E-state index in [9.17, 15) is 14.4 Å². The Morgan fingerprint density at radius 1 is 1.13 bits per heavy atom. The van der Waals surface area contributed by atoms with Crippen LogP contribution in [0.2, 0.25) is 0 Å². The Labute approximate surface area is 172 Å². The number of fused-ring (bicyclic) bond motifs is 1. The van der Waals surface area contributed by atoms with E-state index >= 15 is 0 Å². The molecule has 1 aromatic heterocycles. The Bertz CT molecular complexity index is 1000. The van der Waals surface area contributed by atoms with Gasteiger partial charge in [0, 0.05) is 25.1 Å². The van der Waals surface area contributed by atoms with Crippen molar-refractivity contribution in [2.75, 3.05) is 19.5 Å². The Kier molecular flexibility index (Phi) is 5.21. The fourth-order valence-corrected chi connectivity index (χ4v) is 3.61. The van der Waals surface area contributed by atoms with E-state index in [0.29, 0.717) is 42.8 Å². The Hall–Kier alpha value is -3.69. The number of methoxy groups -OCH3 is 2. The first kappa shape index (κ1) is 19.6. The molecule has 2 aliphatic rings. The number of amides is 3. The fourth-order valence-electron chi connectivity index (χ4n) is 3.61. The van der Waals surface area contributed by atoms with E-state index in [4.69, 9.17) is 9.47 Å². The molecule has 1 atom stereocenters. The van der Waals surface area contributed by atoms with Crippen molar-refractivity contribution in [3.8, 4) is 11.8 Å². The normalized spacial score (nSPS) is 18.1. The topological polar surface area (TPSA) is 123 Å². The van der Waals surface area contributed by atoms with E-state index in [1.54, 1.807) is 12.1 Å². The van der Waals surface area contributed by atoms with E-state index < -0.39 is 11.9 Å². The van der Waals surface area contributed by atoms with Gasteiger partial charge in [0.05, 0.1) is 20.3 Å². The average Bonchev–Trinajstić information content (AvgIpc) is 3.07. The lowest BCUT2D eigenvalue weighted by atomic mass is 10.0. The number of carbonyl (C=O) groups is 3. The Balaban J connectivity index is 1.47. The highest BCUT2D eigenvalue weighted by atomic mass is 16.5. The summed E-state index contributed by atoms with van der Waals surface area (Å²) in [4.78, 5) is 46.3. The van der Waals surface area contributed by atoms with Crippen LogP contribution in [0, 0.1) is 0 Å². The van der Waals surface area contributed by atoms with Crippen LogP contribution in [0.1, 0.15) is 34.3 Å². The number of anilines is 1. The maximum absolute atomic E-state index is 12.8. The van der Waals surface area contributed by atoms with E-state index in [1.165, 1.54) is 19.1 Å². The molecular weight excluding hydrogens is 390 g/mol. The summed E-state index contributed by atoms with van der Waals surface area (Å²) >= 11 is 0. The Morgan fingerprint density at radius 2 is 1.87 bits per heavy atom. The first-order chi connectivity index (χ1) is 14.5. The molecule has 156 valence electrons. The lowest BCUT2D eigenvalue weighted by molar-refractivity contribution is -0.136. The molecule has 10 heteroatoms. The molecule has 1 unspecified atom stereocenters. The number of rotatable bonds is 6. The molecule has 0 bridgehead atoms. The van der Waals surface area contributed by atoms with Gasteiger partial charge in [-0.2, -0.15) is 9.97 Å². The van der Waals surface area contributed by atoms with Crippen LogP contribution in [0.3, 0.4) is 0 Å². The minimum absolute atomic E-state index is 0.195. The number of aromatic nitrogens is 2. The van der Waals surface area contributed by atoms with Crippen molar-refractivity contribution < 1.29 is 23.9 Å². The highest BCUT2D eigenvalue weighted by Gasteiger charge is 2.39. The van der Waals surface area contributed by atoms with Crippen LogP contribution in [-0.4, -0.2) is 52.9 Å². The zero-order chi connectivity index (χ0) is 21.3. The van der Waals surface area contributed by atoms with Crippen molar-refractivity contribution >= 4 is 23.7 Å². The van der Waals surface area contributed by atoms with Crippen molar-refractivity contribution in [1.29, 1.82) is 0 Å². The smallest absolute Gasteiger partial charge is 0.255 e. The predicted molar refractivity (Wildman–Crippen MR) is 105 cm³/mol. The van der Waals surface area contributed by atoms with Crippen molar-refractivity contribution in [1.82, 2.24) is 20.2 Å². The van der Waals surface area contributed by atoms with Crippen molar-refractivity contribution in [3.63, 3.8) is 0 Å². The molecule has 1 fully saturated rings. The summed E-state index contributed by atoms with van der Waals surface area (Å²) in [7, 11) is 3.02. The van der Waals surface area contributed by atoms with Gasteiger partial charge < -0.3 is 19.7 Å². The van der Waals surface area contributed by atoms with Gasteiger partial charge in [0.1, 0.15) is 6.04 Å². The van der Waals surface area contributed by atoms with Crippen LogP contribution in [0.5, 0.6) is 11.8 Å². The van der Waals surface area contributed by atoms with Gasteiger partial charge in [-0.05, 0) is 23.6 Å². The summed E-state index contributed by atoms with van der Waals surface area (Å²) in [6.45, 7) is 0.758. The number of benzene rings is 1. The van der Waals surface area contributed by atoms with E-state index in [2.05, 4.69) is 20.6 Å². The van der Waals surface area contributed by atoms with E-state index in [-0.39, 0.29) is 18.2 Å². The number of ether oxygens (including phenoxy) is 2. The van der Waals surface area contributed by atoms with Crippen molar-refractivity contribution in [3.05, 3.63) is 41.0 Å². The van der Waals surface area contributed by atoms with Gasteiger partial charge in [0.2, 0.25) is 29.5 Å². The standard InChI is InChI=1S/C20H21N5O5/c1-29-16-8-17(30-2)24-20(23-16)21-9-11-3-4-13-12(7-11)10-25(19(13)28)14-5-6-15(26)22-18(14)27/h3-4,7-8,14H,5-6,9-10H2,1-2H3,(H,21,23,24)(H,22,26,27). The molecule has 0 spiro atoms. The fraction of sp³-hybridized carbons (Fsp3) is 0.350. The lowest BCUT2D eigenvalue weighted by Crippen LogP contribution is -2.52. The van der Waals surface area contributed by atoms with Crippen LogP contribution < -0.4 is 20.1 Å². The number of nitrogens with zero attached hydrogens (tertiary/aromatic N) is 3. The second-order valence-electron chi connectivity index (χ2n) is 7.02. The molecule has 2 aromatic rings. The van der Waals surface area contributed by atoms with Gasteiger partial charge in [0.25, 0.3) is 5.91 Å². The first-order valence-corrected chi connectivity index (χ1v) is 9.46. The summed E-state index contributed by atoms with van der Waals surface area (Å²) < 4.78 is 10.3. The van der Waals surface area contributed by atoms with Crippen LogP contribution in [0.25, 0.3) is 0 Å². The molecule has 4 rings (SSSR count). The summed E-state index contributed by atoms with van der Waals surface area (Å²) in [5.74, 6) is 0.198. The molecule has 3 amide bonds. The van der Waals surface area contributed by atoms with Crippen molar-refractivity contribution in [2.24, 2.45) is 0 Å². The zero-order valence-electron chi connectivity index (χ0n) is 16.6. The molecule has 2 N–H and O–H groups in total. The number of piperidine rings is 1. The largest absolute Gasteiger partial charge is 0.481 e. The molecular formula is C20H21N5O5. The monoisotopic (exact) mass is 411 g/mol. The van der Waals surface area contributed by atoms with E-state index in [0.717, 1.165) is 11.1 Å². The highest BCUT2D eigenvalue weighted by molar-refractivity contribution is 6.05. The maximum atomic E-state index is 12.8. The number of hydrogen-bond donors (Lipinski definition) is 2. The van der Waals surface area contributed by atoms with Crippen LogP contribution in [0.4, 0.5) is 5.95 Å². The Morgan fingerprint density at radius 3 is 2.53 bits per heavy atom. The molecule has 0 saturated carbocycles. The third-order valence-corrected chi connectivity index (χ3v) is 5.14. The molecule has 0 aliphatic carbocycles. The van der Waals surface area contributed by atoms with Crippen LogP contribution >= 0.6 is 0 Å². The number of imide groups is 1. The third-order valence-electron chi connectivity index (χ3n) is 5.14. The lowest BCUT2D eigenvalue weighted by Gasteiger charge is -2.29. The molecule has 3 heterocycles. The first-order valence-electron chi connectivity index (χ1n) is 9.46. The van der Waals surface area contributed by atoms with Gasteiger partial charge in [-0.1, -0.05) is 12.1 Å². The molecule has 1 aromatic carbocycles. The van der Waals surface area contributed by atoms with Crippen LogP contribution in [-0.2, 0) is 22.7 Å². The average molecular weight is 411 g/mol. The van der Waals surface area contributed by atoms with Gasteiger partial charge >= 0.3 is 0 Å². The van der Waals surface area contributed by atoms with Gasteiger partial charge in [-0.15, -0.1) is 0 Å². The second-order valence-corrected chi connectivity index (χ2v) is 7.02. The second kappa shape index (κ2) is 7.97. The third kappa shape index (κ3) is 3.76. The number of hydrogen-bond acceptors (Lipinski definition) is 8. The SMILES string of the molecule is COc1cc(OC)nc(NCc2ccc3c(c2)CN(C2CCC(=O)NC2=O)C3=O)n1. The van der Waals surface area contributed by atoms with Crippen molar-refractivity contribution in [2.45, 2.75) is 32.0 Å². The summed E-state index contributed by atoms with van der Waals surface area (Å²) in [5, 5.41) is 5.42.